The van der Waals surface area contributed by atoms with E-state index in [-0.39, 0.29) is 12.1 Å². The molecule has 23 heavy (non-hydrogen) atoms. The molecule has 2 aliphatic rings. The van der Waals surface area contributed by atoms with Gasteiger partial charge in [0.1, 0.15) is 0 Å². The van der Waals surface area contributed by atoms with Gasteiger partial charge in [0.25, 0.3) is 0 Å². The van der Waals surface area contributed by atoms with Crippen molar-refractivity contribution in [2.24, 2.45) is 0 Å². The van der Waals surface area contributed by atoms with Gasteiger partial charge in [-0.2, -0.15) is 0 Å². The molecule has 3 atom stereocenters. The Bertz CT molecular complexity index is 564. The predicted octanol–water partition coefficient (Wildman–Crippen LogP) is 3.83. The normalized spacial score (nSPS) is 28.4. The Labute approximate surface area is 132 Å². The lowest BCUT2D eigenvalue weighted by atomic mass is 9.86. The quantitative estimate of drug-likeness (QED) is 0.833. The van der Waals surface area contributed by atoms with Crippen LogP contribution in [0.2, 0.25) is 0 Å². The highest BCUT2D eigenvalue weighted by Crippen LogP contribution is 2.34. The molecule has 1 N–H and O–H groups in total. The van der Waals surface area contributed by atoms with Crippen LogP contribution in [0.1, 0.15) is 32.6 Å². The van der Waals surface area contributed by atoms with Crippen molar-refractivity contribution < 1.29 is 22.3 Å². The van der Waals surface area contributed by atoms with Crippen molar-refractivity contribution in [3.8, 4) is 5.75 Å². The van der Waals surface area contributed by atoms with Crippen LogP contribution in [0.25, 0.3) is 0 Å². The number of benzene rings is 1. The number of alkyl halides is 3. The monoisotopic (exact) mass is 332 g/mol. The lowest BCUT2D eigenvalue weighted by Gasteiger charge is -2.48. The fourth-order valence-corrected chi connectivity index (χ4v) is 3.70. The van der Waals surface area contributed by atoms with Gasteiger partial charge in [0.2, 0.25) is 0 Å². The number of anilines is 1. The second-order valence-electron chi connectivity index (χ2n) is 6.34. The van der Waals surface area contributed by atoms with Crippen LogP contribution < -0.4 is 15.0 Å². The third-order valence-corrected chi connectivity index (χ3v) is 4.57. The summed E-state index contributed by atoms with van der Waals surface area (Å²) in [6, 6.07) is 4.57. The van der Waals surface area contributed by atoms with Crippen LogP contribution in [0.4, 0.5) is 23.2 Å². The summed E-state index contributed by atoms with van der Waals surface area (Å²) in [6.45, 7) is 2.77. The number of rotatable bonds is 2. The molecule has 0 spiro atoms. The topological polar surface area (TPSA) is 24.5 Å². The van der Waals surface area contributed by atoms with E-state index in [0.29, 0.717) is 18.3 Å². The molecule has 1 aromatic rings. The van der Waals surface area contributed by atoms with E-state index >= 15 is 0 Å². The third kappa shape index (κ3) is 3.71. The average molecular weight is 332 g/mol. The molecule has 0 radical (unpaired) electrons. The van der Waals surface area contributed by atoms with Gasteiger partial charge in [-0.1, -0.05) is 12.8 Å². The molecule has 1 aromatic carbocycles. The molecular weight excluding hydrogens is 312 g/mol. The van der Waals surface area contributed by atoms with Crippen LogP contribution >= 0.6 is 0 Å². The Hall–Kier alpha value is -1.50. The van der Waals surface area contributed by atoms with E-state index in [4.69, 9.17) is 0 Å². The number of hydrogen-bond donors (Lipinski definition) is 1. The molecule has 0 aromatic heterocycles. The van der Waals surface area contributed by atoms with Gasteiger partial charge in [0.05, 0.1) is 0 Å². The second-order valence-corrected chi connectivity index (χ2v) is 6.34. The first-order chi connectivity index (χ1) is 10.8. The number of piperazine rings is 1. The molecule has 3 rings (SSSR count). The first-order valence-corrected chi connectivity index (χ1v) is 7.91. The van der Waals surface area contributed by atoms with E-state index < -0.39 is 17.9 Å². The Morgan fingerprint density at radius 3 is 2.65 bits per heavy atom. The van der Waals surface area contributed by atoms with Gasteiger partial charge in [-0.15, -0.1) is 13.2 Å². The SMILES string of the molecule is C[C@H]1CN(c2ccc(OC(F)(F)F)c(F)c2)[C@@H]2CCCC[C@H]2N1. The molecule has 7 heteroatoms. The predicted molar refractivity (Wildman–Crippen MR) is 79.1 cm³/mol. The summed E-state index contributed by atoms with van der Waals surface area (Å²) >= 11 is 0. The van der Waals surface area contributed by atoms with Gasteiger partial charge >= 0.3 is 6.36 Å². The first kappa shape index (κ1) is 16.4. The fourth-order valence-electron chi connectivity index (χ4n) is 3.70. The maximum atomic E-state index is 14.0. The van der Waals surface area contributed by atoms with Crippen molar-refractivity contribution in [3.05, 3.63) is 24.0 Å². The van der Waals surface area contributed by atoms with E-state index in [1.807, 2.05) is 0 Å². The van der Waals surface area contributed by atoms with Crippen molar-refractivity contribution in [1.82, 2.24) is 5.32 Å². The molecule has 2 fully saturated rings. The molecule has 1 aliphatic heterocycles. The van der Waals surface area contributed by atoms with Crippen LogP contribution in [0, 0.1) is 5.82 Å². The summed E-state index contributed by atoms with van der Waals surface area (Å²) in [5.41, 5.74) is 0.613. The molecular formula is C16H20F4N2O. The lowest BCUT2D eigenvalue weighted by Crippen LogP contribution is -2.62. The molecule has 0 bridgehead atoms. The minimum Gasteiger partial charge on any atom is -0.403 e. The molecule has 1 saturated carbocycles. The van der Waals surface area contributed by atoms with Gasteiger partial charge < -0.3 is 15.0 Å². The van der Waals surface area contributed by atoms with E-state index in [2.05, 4.69) is 21.9 Å². The van der Waals surface area contributed by atoms with Gasteiger partial charge in [0, 0.05) is 36.4 Å². The summed E-state index contributed by atoms with van der Waals surface area (Å²) in [6.07, 6.45) is -0.524. The van der Waals surface area contributed by atoms with Crippen LogP contribution in [-0.4, -0.2) is 31.0 Å². The number of nitrogens with zero attached hydrogens (tertiary/aromatic N) is 1. The molecule has 0 unspecified atom stereocenters. The Balaban J connectivity index is 1.83. The Kier molecular flexibility index (Phi) is 4.40. The van der Waals surface area contributed by atoms with E-state index in [0.717, 1.165) is 31.4 Å². The van der Waals surface area contributed by atoms with Crippen LogP contribution in [0.3, 0.4) is 0 Å². The smallest absolute Gasteiger partial charge is 0.403 e. The molecule has 0 amide bonds. The summed E-state index contributed by atoms with van der Waals surface area (Å²) in [5, 5.41) is 3.57. The maximum Gasteiger partial charge on any atom is 0.573 e. The van der Waals surface area contributed by atoms with Gasteiger partial charge in [-0.05, 0) is 31.9 Å². The van der Waals surface area contributed by atoms with E-state index in [9.17, 15) is 17.6 Å². The standard InChI is InChI=1S/C16H20F4N2O/c1-10-9-22(14-5-3-2-4-13(14)21-10)11-6-7-15(12(17)8-11)23-16(18,19)20/h6-8,10,13-14,21H,2-5,9H2,1H3/t10-,13+,14+/m0/s1. The van der Waals surface area contributed by atoms with Gasteiger partial charge in [-0.25, -0.2) is 4.39 Å². The van der Waals surface area contributed by atoms with Gasteiger partial charge in [-0.3, -0.25) is 0 Å². The van der Waals surface area contributed by atoms with Crippen LogP contribution in [-0.2, 0) is 0 Å². The first-order valence-electron chi connectivity index (χ1n) is 7.91. The van der Waals surface area contributed by atoms with Crippen molar-refractivity contribution in [2.45, 2.75) is 57.1 Å². The van der Waals surface area contributed by atoms with Crippen LogP contribution in [0.5, 0.6) is 5.75 Å². The maximum absolute atomic E-state index is 14.0. The largest absolute Gasteiger partial charge is 0.573 e. The zero-order chi connectivity index (χ0) is 16.6. The van der Waals surface area contributed by atoms with Crippen molar-refractivity contribution >= 4 is 5.69 Å². The highest BCUT2D eigenvalue weighted by Gasteiger charge is 2.36. The number of nitrogens with one attached hydrogen (secondary N) is 1. The number of fused-ring (bicyclic) bond motifs is 1. The second kappa shape index (κ2) is 6.19. The highest BCUT2D eigenvalue weighted by atomic mass is 19.4. The number of halogens is 4. The average Bonchev–Trinajstić information content (AvgIpc) is 2.47. The Morgan fingerprint density at radius 1 is 1.22 bits per heavy atom. The lowest BCUT2D eigenvalue weighted by molar-refractivity contribution is -0.275. The molecule has 1 aliphatic carbocycles. The molecule has 1 saturated heterocycles. The highest BCUT2D eigenvalue weighted by molar-refractivity contribution is 5.52. The van der Waals surface area contributed by atoms with Crippen LogP contribution in [0.15, 0.2) is 18.2 Å². The summed E-state index contributed by atoms with van der Waals surface area (Å²) in [4.78, 5) is 2.12. The van der Waals surface area contributed by atoms with E-state index in [1.165, 1.54) is 12.5 Å². The Morgan fingerprint density at radius 2 is 1.96 bits per heavy atom. The third-order valence-electron chi connectivity index (χ3n) is 4.57. The zero-order valence-corrected chi connectivity index (χ0v) is 12.9. The van der Waals surface area contributed by atoms with E-state index in [1.54, 1.807) is 0 Å². The van der Waals surface area contributed by atoms with Crippen molar-refractivity contribution in [3.63, 3.8) is 0 Å². The fraction of sp³-hybridized carbons (Fsp3) is 0.625. The van der Waals surface area contributed by atoms with Gasteiger partial charge in [0.15, 0.2) is 11.6 Å². The molecule has 128 valence electrons. The minimum atomic E-state index is -4.89. The minimum absolute atomic E-state index is 0.253. The summed E-state index contributed by atoms with van der Waals surface area (Å²) < 4.78 is 54.4. The molecule has 3 nitrogen and oxygen atoms in total. The number of ether oxygens (including phenoxy) is 1. The molecule has 1 heterocycles. The summed E-state index contributed by atoms with van der Waals surface area (Å²) in [5.74, 6) is -1.78. The zero-order valence-electron chi connectivity index (χ0n) is 12.9. The van der Waals surface area contributed by atoms with Crippen molar-refractivity contribution in [2.75, 3.05) is 11.4 Å². The number of hydrogen-bond acceptors (Lipinski definition) is 3. The van der Waals surface area contributed by atoms with Crippen molar-refractivity contribution in [1.29, 1.82) is 0 Å². The summed E-state index contributed by atoms with van der Waals surface area (Å²) in [7, 11) is 0.